The van der Waals surface area contributed by atoms with Gasteiger partial charge < -0.3 is 4.90 Å². The maximum Gasteiger partial charge on any atom is 0.214 e. The average Bonchev–Trinajstić information content (AvgIpc) is 2.21. The van der Waals surface area contributed by atoms with Gasteiger partial charge in [-0.05, 0) is 32.0 Å². The second kappa shape index (κ2) is 5.42. The van der Waals surface area contributed by atoms with Crippen molar-refractivity contribution in [3.8, 4) is 0 Å². The smallest absolute Gasteiger partial charge is 0.214 e. The Balaban J connectivity index is 2.61. The molecule has 0 bridgehead atoms. The molecule has 0 radical (unpaired) electrons. The molecule has 2 unspecified atom stereocenters. The third-order valence-corrected chi connectivity index (χ3v) is 3.43. The summed E-state index contributed by atoms with van der Waals surface area (Å²) in [4.78, 5) is 13.8. The van der Waals surface area contributed by atoms with E-state index in [-0.39, 0.29) is 0 Å². The van der Waals surface area contributed by atoms with Crippen LogP contribution in [0, 0.1) is 5.92 Å². The molecule has 1 fully saturated rings. The van der Waals surface area contributed by atoms with Gasteiger partial charge in [-0.1, -0.05) is 19.8 Å². The lowest BCUT2D eigenvalue weighted by atomic mass is 9.84. The molecule has 1 aliphatic rings. The van der Waals surface area contributed by atoms with Gasteiger partial charge in [-0.15, -0.1) is 0 Å². The molecule has 0 aromatic heterocycles. The molecule has 2 atom stereocenters. The number of carbonyl (C=O) groups is 1. The summed E-state index contributed by atoms with van der Waals surface area (Å²) in [6, 6.07) is 0.515. The highest BCUT2D eigenvalue weighted by molar-refractivity contribution is 6.19. The van der Waals surface area contributed by atoms with E-state index in [2.05, 4.69) is 18.7 Å². The lowest BCUT2D eigenvalue weighted by Gasteiger charge is -2.38. The Hall–Kier alpha value is -0.465. The molecule has 0 aromatic carbocycles. The Kier molecular flexibility index (Phi) is 4.50. The summed E-state index contributed by atoms with van der Waals surface area (Å²) in [6.45, 7) is 5.26. The van der Waals surface area contributed by atoms with Crippen LogP contribution in [0.1, 0.15) is 39.5 Å². The topological polar surface area (TPSA) is 20.3 Å². The molecule has 0 saturated heterocycles. The van der Waals surface area contributed by atoms with E-state index in [0.717, 1.165) is 6.54 Å². The van der Waals surface area contributed by atoms with Crippen molar-refractivity contribution < 1.29 is 4.79 Å². The Morgan fingerprint density at radius 3 is 2.57 bits per heavy atom. The van der Waals surface area contributed by atoms with Crippen molar-refractivity contribution in [1.29, 1.82) is 0 Å². The quantitative estimate of drug-likeness (QED) is 0.624. The third kappa shape index (κ3) is 2.52. The number of nitrogens with zero attached hydrogens (tertiary/aromatic N) is 1. The predicted molar refractivity (Wildman–Crippen MR) is 62.2 cm³/mol. The molecule has 0 spiro atoms. The molecule has 2 nitrogen and oxygen atoms in total. The molecule has 0 aromatic rings. The highest BCUT2D eigenvalue weighted by Crippen LogP contribution is 2.28. The zero-order valence-corrected chi connectivity index (χ0v) is 9.75. The fourth-order valence-electron chi connectivity index (χ4n) is 2.56. The van der Waals surface area contributed by atoms with E-state index in [4.69, 9.17) is 0 Å². The lowest BCUT2D eigenvalue weighted by molar-refractivity contribution is -0.132. The fraction of sp³-hybridized carbons (Fsp3) is 0.909. The van der Waals surface area contributed by atoms with E-state index in [1.165, 1.54) is 25.7 Å². The van der Waals surface area contributed by atoms with Crippen LogP contribution in [0.5, 0.6) is 0 Å². The molecule has 1 amide bonds. The Morgan fingerprint density at radius 2 is 2.07 bits per heavy atom. The van der Waals surface area contributed by atoms with Crippen LogP contribution < -0.4 is 0 Å². The number of hydrogen-bond donors (Lipinski definition) is 0. The highest BCUT2D eigenvalue weighted by atomic mass is 16.2. The van der Waals surface area contributed by atoms with Crippen molar-refractivity contribution in [2.24, 2.45) is 5.92 Å². The van der Waals surface area contributed by atoms with Crippen LogP contribution in [0.3, 0.4) is 0 Å². The van der Waals surface area contributed by atoms with Gasteiger partial charge >= 0.3 is 0 Å². The largest absolute Gasteiger partial charge is 0.340 e. The first-order valence-electron chi connectivity index (χ1n) is 6.00. The van der Waals surface area contributed by atoms with Gasteiger partial charge in [0.05, 0.1) is 0 Å². The van der Waals surface area contributed by atoms with Crippen molar-refractivity contribution in [3.05, 3.63) is 0 Å². The highest BCUT2D eigenvalue weighted by Gasteiger charge is 2.28. The van der Waals surface area contributed by atoms with E-state index < -0.39 is 0 Å². The van der Waals surface area contributed by atoms with Crippen molar-refractivity contribution in [3.63, 3.8) is 0 Å². The molecule has 3 heteroatoms. The van der Waals surface area contributed by atoms with E-state index in [1.807, 2.05) is 7.85 Å². The van der Waals surface area contributed by atoms with Crippen LogP contribution in [0.25, 0.3) is 0 Å². The second-order valence-corrected chi connectivity index (χ2v) is 4.36. The Bertz CT molecular complexity index is 196. The van der Waals surface area contributed by atoms with Crippen LogP contribution in [-0.2, 0) is 4.79 Å². The minimum absolute atomic E-state index is 0.325. The van der Waals surface area contributed by atoms with Crippen LogP contribution in [0.15, 0.2) is 0 Å². The third-order valence-electron chi connectivity index (χ3n) is 3.43. The van der Waals surface area contributed by atoms with Gasteiger partial charge in [-0.2, -0.15) is 0 Å². The van der Waals surface area contributed by atoms with Crippen molar-refractivity contribution in [1.82, 2.24) is 4.90 Å². The monoisotopic (exact) mass is 195 g/mol. The van der Waals surface area contributed by atoms with Gasteiger partial charge in [0.25, 0.3) is 0 Å². The summed E-state index contributed by atoms with van der Waals surface area (Å²) in [7, 11) is 1.96. The summed E-state index contributed by atoms with van der Waals surface area (Å²) >= 11 is 0. The molecular weight excluding hydrogens is 173 g/mol. The van der Waals surface area contributed by atoms with Crippen LogP contribution in [-0.4, -0.2) is 31.2 Å². The number of rotatable bonds is 3. The first-order chi connectivity index (χ1) is 6.70. The average molecular weight is 195 g/mol. The second-order valence-electron chi connectivity index (χ2n) is 4.36. The molecule has 0 heterocycles. The minimum Gasteiger partial charge on any atom is -0.340 e. The van der Waals surface area contributed by atoms with Gasteiger partial charge in [-0.3, -0.25) is 4.79 Å². The zero-order valence-electron chi connectivity index (χ0n) is 9.75. The molecule has 80 valence electrons. The van der Waals surface area contributed by atoms with E-state index in [0.29, 0.717) is 24.2 Å². The Labute approximate surface area is 88.5 Å². The van der Waals surface area contributed by atoms with Gasteiger partial charge in [0.15, 0.2) is 0 Å². The zero-order chi connectivity index (χ0) is 10.6. The summed E-state index contributed by atoms with van der Waals surface area (Å²) in [5.74, 6) is 1.02. The molecule has 0 N–H and O–H groups in total. The summed E-state index contributed by atoms with van der Waals surface area (Å²) in [5.41, 5.74) is 0. The normalized spacial score (nSPS) is 27.3. The van der Waals surface area contributed by atoms with Crippen LogP contribution in [0.2, 0.25) is 6.32 Å². The van der Waals surface area contributed by atoms with Crippen LogP contribution >= 0.6 is 0 Å². The molecular formula is C11H22BNO. The maximum absolute atomic E-state index is 11.7. The van der Waals surface area contributed by atoms with Crippen molar-refractivity contribution >= 4 is 13.8 Å². The first-order valence-corrected chi connectivity index (χ1v) is 6.00. The molecule has 0 aliphatic heterocycles. The standard InChI is InChI=1S/C11H22BNO/c1-3-13(11(14)8-12)10-7-5-4-6-9(10)2/h9-10H,3-8,12H2,1-2H3. The van der Waals surface area contributed by atoms with Gasteiger partial charge in [-0.25, -0.2) is 0 Å². The number of amides is 1. The van der Waals surface area contributed by atoms with Crippen molar-refractivity contribution in [2.45, 2.75) is 51.9 Å². The SMILES string of the molecule is BCC(=O)N(CC)C1CCCCC1C. The first kappa shape index (κ1) is 11.6. The van der Waals surface area contributed by atoms with E-state index >= 15 is 0 Å². The summed E-state index contributed by atoms with van der Waals surface area (Å²) in [5, 5.41) is 0. The molecule has 14 heavy (non-hydrogen) atoms. The summed E-state index contributed by atoms with van der Waals surface area (Å²) in [6.07, 6.45) is 5.79. The minimum atomic E-state index is 0.325. The van der Waals surface area contributed by atoms with E-state index in [1.54, 1.807) is 0 Å². The Morgan fingerprint density at radius 1 is 1.43 bits per heavy atom. The molecule has 1 rings (SSSR count). The van der Waals surface area contributed by atoms with Crippen LogP contribution in [0.4, 0.5) is 0 Å². The van der Waals surface area contributed by atoms with Gasteiger partial charge in [0, 0.05) is 12.6 Å². The van der Waals surface area contributed by atoms with Gasteiger partial charge in [0.2, 0.25) is 5.91 Å². The lowest BCUT2D eigenvalue weighted by Crippen LogP contribution is -2.44. The van der Waals surface area contributed by atoms with Gasteiger partial charge in [0.1, 0.15) is 7.85 Å². The molecule has 1 saturated carbocycles. The maximum atomic E-state index is 11.7. The van der Waals surface area contributed by atoms with E-state index in [9.17, 15) is 4.79 Å². The van der Waals surface area contributed by atoms with Crippen molar-refractivity contribution in [2.75, 3.05) is 6.54 Å². The summed E-state index contributed by atoms with van der Waals surface area (Å²) < 4.78 is 0. The number of carbonyl (C=O) groups excluding carboxylic acids is 1. The molecule has 1 aliphatic carbocycles. The fourth-order valence-corrected chi connectivity index (χ4v) is 2.56. The number of hydrogen-bond acceptors (Lipinski definition) is 1. The predicted octanol–water partition coefficient (Wildman–Crippen LogP) is 1.46.